The summed E-state index contributed by atoms with van der Waals surface area (Å²) in [5.41, 5.74) is 4.19. The van der Waals surface area contributed by atoms with Gasteiger partial charge in [-0.2, -0.15) is 5.26 Å². The maximum Gasteiger partial charge on any atom is 0.306 e. The number of aryl methyl sites for hydroxylation is 3. The van der Waals surface area contributed by atoms with Crippen LogP contribution < -0.4 is 10.9 Å². The van der Waals surface area contributed by atoms with Gasteiger partial charge in [-0.1, -0.05) is 17.7 Å². The van der Waals surface area contributed by atoms with Crippen molar-refractivity contribution in [1.29, 1.82) is 5.26 Å². The summed E-state index contributed by atoms with van der Waals surface area (Å²) >= 11 is 0. The second kappa shape index (κ2) is 9.20. The predicted molar refractivity (Wildman–Crippen MR) is 110 cm³/mol. The third-order valence-corrected chi connectivity index (χ3v) is 4.82. The second-order valence-electron chi connectivity index (χ2n) is 7.11. The van der Waals surface area contributed by atoms with Crippen LogP contribution in [-0.2, 0) is 20.7 Å². The van der Waals surface area contributed by atoms with Crippen LogP contribution in [0, 0.1) is 39.0 Å². The van der Waals surface area contributed by atoms with Gasteiger partial charge in [-0.3, -0.25) is 14.4 Å². The van der Waals surface area contributed by atoms with E-state index in [9.17, 15) is 14.4 Å². The van der Waals surface area contributed by atoms with E-state index in [-0.39, 0.29) is 12.0 Å². The van der Waals surface area contributed by atoms with Crippen LogP contribution in [0.15, 0.2) is 23.0 Å². The summed E-state index contributed by atoms with van der Waals surface area (Å²) in [4.78, 5) is 38.9. The molecular weight excluding hydrogens is 370 g/mol. The van der Waals surface area contributed by atoms with Crippen molar-refractivity contribution in [1.82, 2.24) is 4.98 Å². The van der Waals surface area contributed by atoms with E-state index in [1.165, 1.54) is 6.92 Å². The van der Waals surface area contributed by atoms with Gasteiger partial charge in [-0.15, -0.1) is 0 Å². The topological polar surface area (TPSA) is 112 Å². The van der Waals surface area contributed by atoms with Gasteiger partial charge >= 0.3 is 5.97 Å². The Morgan fingerprint density at radius 3 is 2.55 bits per heavy atom. The van der Waals surface area contributed by atoms with Gasteiger partial charge in [0.05, 0.1) is 0 Å². The number of pyridine rings is 1. The lowest BCUT2D eigenvalue weighted by molar-refractivity contribution is -0.153. The minimum Gasteiger partial charge on any atom is -0.453 e. The van der Waals surface area contributed by atoms with Crippen LogP contribution in [0.1, 0.15) is 46.9 Å². The zero-order valence-electron chi connectivity index (χ0n) is 17.3. The lowest BCUT2D eigenvalue weighted by atomic mass is 9.99. The molecule has 0 aliphatic carbocycles. The SMILES string of the molecule is Cc1ccc(NC(=O)[C@H](C)OC(=O)CCc2c(C)[nH]c(=O)c(C#N)c2C)c(C)c1. The highest BCUT2D eigenvalue weighted by Gasteiger charge is 2.20. The number of nitriles is 1. The van der Waals surface area contributed by atoms with Gasteiger partial charge in [-0.25, -0.2) is 0 Å². The second-order valence-corrected chi connectivity index (χ2v) is 7.11. The molecule has 7 nitrogen and oxygen atoms in total. The van der Waals surface area contributed by atoms with E-state index in [1.807, 2.05) is 38.1 Å². The maximum absolute atomic E-state index is 12.3. The molecule has 0 bridgehead atoms. The Hall–Kier alpha value is -3.40. The summed E-state index contributed by atoms with van der Waals surface area (Å²) in [5.74, 6) is -0.940. The number of carbonyl (C=O) groups is 2. The first-order valence-corrected chi connectivity index (χ1v) is 9.34. The Kier molecular flexibility index (Phi) is 6.94. The molecule has 0 unspecified atom stereocenters. The smallest absolute Gasteiger partial charge is 0.306 e. The lowest BCUT2D eigenvalue weighted by Crippen LogP contribution is -2.30. The van der Waals surface area contributed by atoms with Crippen molar-refractivity contribution in [2.24, 2.45) is 0 Å². The standard InChI is InChI=1S/C22H25N3O4/c1-12-6-8-19(13(2)10-12)25-21(27)16(5)29-20(26)9-7-17-14(3)18(11-23)22(28)24-15(17)4/h6,8,10,16H,7,9H2,1-5H3,(H,24,28)(H,25,27)/t16-/m0/s1. The van der Waals surface area contributed by atoms with Gasteiger partial charge in [-0.05, 0) is 63.8 Å². The Morgan fingerprint density at radius 2 is 1.93 bits per heavy atom. The number of nitrogens with one attached hydrogen (secondary N) is 2. The van der Waals surface area contributed by atoms with Gasteiger partial charge < -0.3 is 15.0 Å². The third-order valence-electron chi connectivity index (χ3n) is 4.82. The number of anilines is 1. The molecule has 1 atom stereocenters. The zero-order chi connectivity index (χ0) is 21.7. The summed E-state index contributed by atoms with van der Waals surface area (Å²) in [6, 6.07) is 7.54. The van der Waals surface area contributed by atoms with E-state index in [0.717, 1.165) is 16.7 Å². The fourth-order valence-electron chi connectivity index (χ4n) is 3.15. The number of benzene rings is 1. The van der Waals surface area contributed by atoms with Crippen LogP contribution in [0.5, 0.6) is 0 Å². The number of H-pyrrole nitrogens is 1. The molecule has 0 aliphatic heterocycles. The molecule has 2 rings (SSSR count). The molecule has 0 saturated carbocycles. The minimum atomic E-state index is -0.948. The normalized spacial score (nSPS) is 11.4. The van der Waals surface area contributed by atoms with Crippen LogP contribution in [0.2, 0.25) is 0 Å². The number of hydrogen-bond acceptors (Lipinski definition) is 5. The monoisotopic (exact) mass is 395 g/mol. The first-order chi connectivity index (χ1) is 13.6. The summed E-state index contributed by atoms with van der Waals surface area (Å²) in [7, 11) is 0. The summed E-state index contributed by atoms with van der Waals surface area (Å²) in [5, 5.41) is 11.9. The van der Waals surface area contributed by atoms with Crippen molar-refractivity contribution >= 4 is 17.6 Å². The molecule has 0 saturated heterocycles. The quantitative estimate of drug-likeness (QED) is 0.730. The van der Waals surface area contributed by atoms with Gasteiger partial charge in [0.25, 0.3) is 11.5 Å². The van der Waals surface area contributed by atoms with Crippen molar-refractivity contribution in [2.75, 3.05) is 5.32 Å². The van der Waals surface area contributed by atoms with Crippen molar-refractivity contribution in [3.8, 4) is 6.07 Å². The van der Waals surface area contributed by atoms with Crippen molar-refractivity contribution < 1.29 is 14.3 Å². The Bertz CT molecular complexity index is 1050. The molecule has 1 heterocycles. The van der Waals surface area contributed by atoms with Crippen LogP contribution in [0.3, 0.4) is 0 Å². The van der Waals surface area contributed by atoms with E-state index in [1.54, 1.807) is 13.8 Å². The molecule has 1 aromatic carbocycles. The molecule has 2 N–H and O–H groups in total. The van der Waals surface area contributed by atoms with Gasteiger partial charge in [0, 0.05) is 17.8 Å². The number of hydrogen-bond donors (Lipinski definition) is 2. The molecule has 1 aromatic heterocycles. The van der Waals surface area contributed by atoms with E-state index in [2.05, 4.69) is 10.3 Å². The largest absolute Gasteiger partial charge is 0.453 e. The zero-order valence-corrected chi connectivity index (χ0v) is 17.3. The van der Waals surface area contributed by atoms with E-state index in [4.69, 9.17) is 10.00 Å². The highest BCUT2D eigenvalue weighted by Crippen LogP contribution is 2.17. The molecule has 29 heavy (non-hydrogen) atoms. The number of rotatable bonds is 6. The Labute approximate surface area is 169 Å². The predicted octanol–water partition coefficient (Wildman–Crippen LogP) is 2.98. The van der Waals surface area contributed by atoms with Gasteiger partial charge in [0.15, 0.2) is 6.10 Å². The maximum atomic E-state index is 12.3. The number of ether oxygens (including phenoxy) is 1. The number of carbonyl (C=O) groups excluding carboxylic acids is 2. The number of nitrogens with zero attached hydrogens (tertiary/aromatic N) is 1. The van der Waals surface area contributed by atoms with Crippen molar-refractivity contribution in [3.63, 3.8) is 0 Å². The number of aromatic amines is 1. The highest BCUT2D eigenvalue weighted by molar-refractivity contribution is 5.95. The summed E-state index contributed by atoms with van der Waals surface area (Å²) in [6.07, 6.45) is -0.622. The van der Waals surface area contributed by atoms with E-state index in [0.29, 0.717) is 23.4 Å². The first kappa shape index (κ1) is 21.9. The number of aromatic nitrogens is 1. The third kappa shape index (κ3) is 5.32. The minimum absolute atomic E-state index is 0.0276. The molecular formula is C22H25N3O4. The van der Waals surface area contributed by atoms with Gasteiger partial charge in [0.1, 0.15) is 11.6 Å². The van der Waals surface area contributed by atoms with Gasteiger partial charge in [0.2, 0.25) is 0 Å². The van der Waals surface area contributed by atoms with Crippen LogP contribution in [0.4, 0.5) is 5.69 Å². The Balaban J connectivity index is 1.98. The molecule has 0 aliphatic rings. The van der Waals surface area contributed by atoms with Crippen molar-refractivity contribution in [3.05, 3.63) is 62.1 Å². The average molecular weight is 395 g/mol. The lowest BCUT2D eigenvalue weighted by Gasteiger charge is -2.15. The van der Waals surface area contributed by atoms with E-state index < -0.39 is 23.5 Å². The molecule has 0 fully saturated rings. The molecule has 1 amide bonds. The van der Waals surface area contributed by atoms with Crippen molar-refractivity contribution in [2.45, 2.75) is 53.6 Å². The molecule has 152 valence electrons. The fraction of sp³-hybridized carbons (Fsp3) is 0.364. The molecule has 0 spiro atoms. The fourth-order valence-corrected chi connectivity index (χ4v) is 3.15. The molecule has 2 aromatic rings. The number of esters is 1. The van der Waals surface area contributed by atoms with Crippen LogP contribution in [-0.4, -0.2) is 23.0 Å². The number of amides is 1. The van der Waals surface area contributed by atoms with E-state index >= 15 is 0 Å². The highest BCUT2D eigenvalue weighted by atomic mass is 16.5. The summed E-state index contributed by atoms with van der Waals surface area (Å²) in [6.45, 7) is 8.77. The summed E-state index contributed by atoms with van der Waals surface area (Å²) < 4.78 is 5.24. The van der Waals surface area contributed by atoms with Crippen LogP contribution >= 0.6 is 0 Å². The molecule has 7 heteroatoms. The Morgan fingerprint density at radius 1 is 1.24 bits per heavy atom. The van der Waals surface area contributed by atoms with Crippen LogP contribution in [0.25, 0.3) is 0 Å². The first-order valence-electron chi connectivity index (χ1n) is 9.34. The average Bonchev–Trinajstić information content (AvgIpc) is 2.63. The molecule has 0 radical (unpaired) electrons.